The van der Waals surface area contributed by atoms with E-state index in [9.17, 15) is 8.78 Å². The minimum Gasteiger partial charge on any atom is -0.374 e. The van der Waals surface area contributed by atoms with Crippen LogP contribution in [-0.2, 0) is 5.75 Å². The Morgan fingerprint density at radius 3 is 2.80 bits per heavy atom. The summed E-state index contributed by atoms with van der Waals surface area (Å²) >= 11 is 5.02. The normalized spacial score (nSPS) is 17.6. The fourth-order valence-electron chi connectivity index (χ4n) is 2.36. The number of thioether (sulfide) groups is 1. The Balaban J connectivity index is 1.94. The third-order valence-corrected chi connectivity index (χ3v) is 5.01. The van der Waals surface area contributed by atoms with Gasteiger partial charge in [-0.2, -0.15) is 11.8 Å². The summed E-state index contributed by atoms with van der Waals surface area (Å²) in [5.41, 5.74) is 2.76. The Morgan fingerprint density at radius 1 is 1.20 bits per heavy atom. The Morgan fingerprint density at radius 2 is 2.00 bits per heavy atom. The van der Waals surface area contributed by atoms with E-state index in [4.69, 9.17) is 0 Å². The van der Waals surface area contributed by atoms with E-state index in [0.717, 1.165) is 17.6 Å². The summed E-state index contributed by atoms with van der Waals surface area (Å²) in [7, 11) is 0. The molecule has 0 saturated carbocycles. The van der Waals surface area contributed by atoms with Crippen molar-refractivity contribution in [2.24, 2.45) is 0 Å². The maximum atomic E-state index is 13.9. The van der Waals surface area contributed by atoms with Gasteiger partial charge in [0.1, 0.15) is 11.6 Å². The summed E-state index contributed by atoms with van der Waals surface area (Å²) in [5, 5.41) is 3.19. The minimum atomic E-state index is -0.585. The average molecular weight is 356 g/mol. The van der Waals surface area contributed by atoms with Gasteiger partial charge in [0.15, 0.2) is 0 Å². The average Bonchev–Trinajstić information content (AvgIpc) is 2.43. The Hall–Kier alpha value is -1.07. The number of hydrogen-bond acceptors (Lipinski definition) is 2. The van der Waals surface area contributed by atoms with E-state index in [1.165, 1.54) is 17.2 Å². The highest BCUT2D eigenvalue weighted by Gasteiger charge is 2.22. The highest BCUT2D eigenvalue weighted by Crippen LogP contribution is 2.36. The van der Waals surface area contributed by atoms with Crippen molar-refractivity contribution in [3.05, 3.63) is 63.6 Å². The maximum Gasteiger partial charge on any atom is 0.150 e. The lowest BCUT2D eigenvalue weighted by Crippen LogP contribution is -2.19. The molecule has 0 radical (unpaired) electrons. The quantitative estimate of drug-likeness (QED) is 0.801. The first kappa shape index (κ1) is 13.9. The van der Waals surface area contributed by atoms with Crippen LogP contribution in [0.25, 0.3) is 0 Å². The molecule has 2 aromatic rings. The Labute approximate surface area is 128 Å². The summed E-state index contributed by atoms with van der Waals surface area (Å²) in [6, 6.07) is 10.3. The van der Waals surface area contributed by atoms with Gasteiger partial charge >= 0.3 is 0 Å². The lowest BCUT2D eigenvalue weighted by molar-refractivity contribution is 0.582. The molecule has 1 aliphatic rings. The smallest absolute Gasteiger partial charge is 0.150 e. The van der Waals surface area contributed by atoms with E-state index in [2.05, 4.69) is 33.4 Å². The lowest BCUT2D eigenvalue weighted by atomic mass is 10.0. The van der Waals surface area contributed by atoms with Crippen LogP contribution in [0.1, 0.15) is 17.2 Å². The molecule has 1 nitrogen and oxygen atoms in total. The van der Waals surface area contributed by atoms with Gasteiger partial charge < -0.3 is 5.32 Å². The monoisotopic (exact) mass is 355 g/mol. The Bertz CT molecular complexity index is 625. The third kappa shape index (κ3) is 2.69. The molecular formula is C15H12BrF2NS. The van der Waals surface area contributed by atoms with Crippen molar-refractivity contribution in [2.75, 3.05) is 11.1 Å². The number of rotatable bonds is 2. The van der Waals surface area contributed by atoms with Gasteiger partial charge in [0.25, 0.3) is 0 Å². The van der Waals surface area contributed by atoms with Crippen LogP contribution in [0.15, 0.2) is 40.9 Å². The molecule has 1 N–H and O–H groups in total. The Kier molecular flexibility index (Phi) is 3.98. The van der Waals surface area contributed by atoms with E-state index >= 15 is 0 Å². The standard InChI is InChI=1S/C15H12BrF2NS/c16-12-5-10(17)6-13(18)15(12)19-14-8-20-7-9-3-1-2-4-11(9)14/h1-6,14,19H,7-8H2. The van der Waals surface area contributed by atoms with Crippen LogP contribution in [0.5, 0.6) is 0 Å². The molecule has 1 atom stereocenters. The summed E-state index contributed by atoms with van der Waals surface area (Å²) < 4.78 is 27.4. The van der Waals surface area contributed by atoms with Crippen LogP contribution >= 0.6 is 27.7 Å². The zero-order chi connectivity index (χ0) is 14.1. The second-order valence-corrected chi connectivity index (χ2v) is 6.54. The van der Waals surface area contributed by atoms with Crippen LogP contribution in [0.2, 0.25) is 0 Å². The summed E-state index contributed by atoms with van der Waals surface area (Å²) in [4.78, 5) is 0. The highest BCUT2D eigenvalue weighted by atomic mass is 79.9. The van der Waals surface area contributed by atoms with E-state index in [0.29, 0.717) is 10.2 Å². The van der Waals surface area contributed by atoms with Crippen molar-refractivity contribution >= 4 is 33.4 Å². The molecule has 0 spiro atoms. The molecule has 1 unspecified atom stereocenters. The van der Waals surface area contributed by atoms with Crippen molar-refractivity contribution < 1.29 is 8.78 Å². The number of fused-ring (bicyclic) bond motifs is 1. The molecule has 0 saturated heterocycles. The second-order valence-electron chi connectivity index (χ2n) is 4.66. The molecule has 0 bridgehead atoms. The van der Waals surface area contributed by atoms with E-state index in [-0.39, 0.29) is 6.04 Å². The van der Waals surface area contributed by atoms with E-state index in [1.54, 1.807) is 11.8 Å². The largest absolute Gasteiger partial charge is 0.374 e. The molecule has 0 aromatic heterocycles. The molecular weight excluding hydrogens is 344 g/mol. The van der Waals surface area contributed by atoms with Crippen LogP contribution in [0.3, 0.4) is 0 Å². The number of nitrogens with one attached hydrogen (secondary N) is 1. The van der Waals surface area contributed by atoms with Crippen molar-refractivity contribution in [2.45, 2.75) is 11.8 Å². The SMILES string of the molecule is Fc1cc(F)c(NC2CSCc3ccccc32)c(Br)c1. The zero-order valence-electron chi connectivity index (χ0n) is 10.5. The van der Waals surface area contributed by atoms with Gasteiger partial charge in [0.05, 0.1) is 11.7 Å². The third-order valence-electron chi connectivity index (χ3n) is 3.30. The second kappa shape index (κ2) is 5.74. The van der Waals surface area contributed by atoms with E-state index < -0.39 is 11.6 Å². The fraction of sp³-hybridized carbons (Fsp3) is 0.200. The van der Waals surface area contributed by atoms with Crippen molar-refractivity contribution in [3.8, 4) is 0 Å². The molecule has 5 heteroatoms. The van der Waals surface area contributed by atoms with Gasteiger partial charge in [-0.05, 0) is 33.1 Å². The molecule has 1 heterocycles. The van der Waals surface area contributed by atoms with Gasteiger partial charge in [-0.1, -0.05) is 24.3 Å². The summed E-state index contributed by atoms with van der Waals surface area (Å²) in [6.07, 6.45) is 0. The predicted octanol–water partition coefficient (Wildman–Crippen LogP) is 5.13. The number of halogens is 3. The number of benzene rings is 2. The topological polar surface area (TPSA) is 12.0 Å². The predicted molar refractivity (Wildman–Crippen MR) is 83.0 cm³/mol. The van der Waals surface area contributed by atoms with Crippen LogP contribution in [0.4, 0.5) is 14.5 Å². The zero-order valence-corrected chi connectivity index (χ0v) is 12.9. The van der Waals surface area contributed by atoms with Crippen LogP contribution in [0, 0.1) is 11.6 Å². The highest BCUT2D eigenvalue weighted by molar-refractivity contribution is 9.10. The first-order valence-electron chi connectivity index (χ1n) is 6.22. The maximum absolute atomic E-state index is 13.9. The summed E-state index contributed by atoms with van der Waals surface area (Å²) in [5.74, 6) is 0.671. The molecule has 3 rings (SSSR count). The molecule has 0 fully saturated rings. The number of anilines is 1. The van der Waals surface area contributed by atoms with Gasteiger partial charge in [-0.3, -0.25) is 0 Å². The van der Waals surface area contributed by atoms with Crippen molar-refractivity contribution in [1.29, 1.82) is 0 Å². The molecule has 0 aliphatic carbocycles. The lowest BCUT2D eigenvalue weighted by Gasteiger charge is -2.27. The van der Waals surface area contributed by atoms with Gasteiger partial charge in [-0.25, -0.2) is 8.78 Å². The molecule has 104 valence electrons. The van der Waals surface area contributed by atoms with Crippen molar-refractivity contribution in [1.82, 2.24) is 0 Å². The van der Waals surface area contributed by atoms with Gasteiger partial charge in [0.2, 0.25) is 0 Å². The molecule has 20 heavy (non-hydrogen) atoms. The van der Waals surface area contributed by atoms with Crippen LogP contribution in [-0.4, -0.2) is 5.75 Å². The van der Waals surface area contributed by atoms with Crippen LogP contribution < -0.4 is 5.32 Å². The van der Waals surface area contributed by atoms with Gasteiger partial charge in [0, 0.05) is 22.0 Å². The summed E-state index contributed by atoms with van der Waals surface area (Å²) in [6.45, 7) is 0. The molecule has 1 aliphatic heterocycles. The fourth-order valence-corrected chi connectivity index (χ4v) is 3.98. The minimum absolute atomic E-state index is 0.0289. The van der Waals surface area contributed by atoms with E-state index in [1.807, 2.05) is 12.1 Å². The first-order valence-corrected chi connectivity index (χ1v) is 8.16. The molecule has 0 amide bonds. The molecule has 2 aromatic carbocycles. The van der Waals surface area contributed by atoms with Gasteiger partial charge in [-0.15, -0.1) is 0 Å². The number of hydrogen-bond donors (Lipinski definition) is 1. The first-order chi connectivity index (χ1) is 9.65. The van der Waals surface area contributed by atoms with Crippen molar-refractivity contribution in [3.63, 3.8) is 0 Å².